The highest BCUT2D eigenvalue weighted by atomic mass is 35.5. The molecule has 2 N–H and O–H groups in total. The number of nitrogens with one attached hydrogen (secondary N) is 1. The van der Waals surface area contributed by atoms with Crippen molar-refractivity contribution < 1.29 is 9.90 Å². The molecule has 1 rings (SSSR count). The second-order valence-electron chi connectivity index (χ2n) is 3.25. The number of hydrogen-bond acceptors (Lipinski definition) is 3. The molecule has 4 heteroatoms. The highest BCUT2D eigenvalue weighted by molar-refractivity contribution is 6.30. The Morgan fingerprint density at radius 3 is 2.60 bits per heavy atom. The second-order valence-corrected chi connectivity index (χ2v) is 3.69. The number of carbonyl (C=O) groups is 1. The molecule has 0 amide bonds. The Labute approximate surface area is 94.1 Å². The zero-order chi connectivity index (χ0) is 11.1. The van der Waals surface area contributed by atoms with Crippen molar-refractivity contribution in [1.29, 1.82) is 0 Å². The molecule has 0 spiro atoms. The van der Waals surface area contributed by atoms with Crippen LogP contribution in [0.1, 0.15) is 5.56 Å². The van der Waals surface area contributed by atoms with Gasteiger partial charge in [-0.3, -0.25) is 0 Å². The number of hydrogen-bond donors (Lipinski definition) is 2. The van der Waals surface area contributed by atoms with Crippen LogP contribution in [-0.2, 0) is 11.2 Å². The summed E-state index contributed by atoms with van der Waals surface area (Å²) in [4.78, 5) is 10.7. The molecule has 1 aromatic rings. The third-order valence-corrected chi connectivity index (χ3v) is 2.30. The van der Waals surface area contributed by atoms with Gasteiger partial charge in [-0.15, -0.1) is 0 Å². The molecule has 0 fully saturated rings. The summed E-state index contributed by atoms with van der Waals surface area (Å²) in [6, 6.07) is 7.12. The van der Waals surface area contributed by atoms with Crippen molar-refractivity contribution >= 4 is 17.9 Å². The molecule has 3 nitrogen and oxygen atoms in total. The average molecular weight is 228 g/mol. The van der Waals surface area contributed by atoms with Gasteiger partial charge in [0.05, 0.1) is 12.6 Å². The molecule has 0 aliphatic carbocycles. The molecule has 0 saturated heterocycles. The molecule has 0 aliphatic heterocycles. The number of benzene rings is 1. The summed E-state index contributed by atoms with van der Waals surface area (Å²) in [5.41, 5.74) is 1.04. The standard InChI is InChI=1S/C11H14ClNO2/c12-10-3-1-9(2-4-10)7-11(8-15)13-5-6-14/h1-4,8,11,13-14H,5-7H2. The molecule has 15 heavy (non-hydrogen) atoms. The van der Waals surface area contributed by atoms with Crippen molar-refractivity contribution in [2.24, 2.45) is 0 Å². The topological polar surface area (TPSA) is 49.3 Å². The Balaban J connectivity index is 2.50. The molecule has 0 bridgehead atoms. The Morgan fingerprint density at radius 2 is 2.07 bits per heavy atom. The molecule has 1 unspecified atom stereocenters. The lowest BCUT2D eigenvalue weighted by Gasteiger charge is -2.11. The van der Waals surface area contributed by atoms with Crippen molar-refractivity contribution in [2.45, 2.75) is 12.5 Å². The maximum absolute atomic E-state index is 10.7. The summed E-state index contributed by atoms with van der Waals surface area (Å²) < 4.78 is 0. The van der Waals surface area contributed by atoms with Crippen LogP contribution < -0.4 is 5.32 Å². The first-order chi connectivity index (χ1) is 7.26. The van der Waals surface area contributed by atoms with Crippen molar-refractivity contribution in [3.63, 3.8) is 0 Å². The van der Waals surface area contributed by atoms with E-state index in [0.29, 0.717) is 18.0 Å². The number of aliphatic hydroxyl groups excluding tert-OH is 1. The third-order valence-electron chi connectivity index (χ3n) is 2.05. The highest BCUT2D eigenvalue weighted by Crippen LogP contribution is 2.10. The first-order valence-electron chi connectivity index (χ1n) is 4.80. The number of carbonyl (C=O) groups excluding carboxylic acids is 1. The van der Waals surface area contributed by atoms with Crippen molar-refractivity contribution in [3.05, 3.63) is 34.9 Å². The van der Waals surface area contributed by atoms with Crippen molar-refractivity contribution in [3.8, 4) is 0 Å². The Kier molecular flexibility index (Phi) is 5.32. The minimum atomic E-state index is -0.252. The third kappa shape index (κ3) is 4.42. The lowest BCUT2D eigenvalue weighted by atomic mass is 10.1. The van der Waals surface area contributed by atoms with E-state index >= 15 is 0 Å². The summed E-state index contributed by atoms with van der Waals surface area (Å²) >= 11 is 5.75. The molecule has 1 atom stereocenters. The Bertz CT molecular complexity index is 300. The monoisotopic (exact) mass is 227 g/mol. The van der Waals surface area contributed by atoms with Crippen LogP contribution in [0, 0.1) is 0 Å². The first-order valence-corrected chi connectivity index (χ1v) is 5.18. The average Bonchev–Trinajstić information content (AvgIpc) is 2.27. The van der Waals surface area contributed by atoms with Gasteiger partial charge < -0.3 is 15.2 Å². The summed E-state index contributed by atoms with van der Waals surface area (Å²) in [5, 5.41) is 12.2. The van der Waals surface area contributed by atoms with Crippen LogP contribution in [0.4, 0.5) is 0 Å². The summed E-state index contributed by atoms with van der Waals surface area (Å²) in [6.45, 7) is 0.460. The van der Waals surface area contributed by atoms with Gasteiger partial charge >= 0.3 is 0 Å². The number of aldehydes is 1. The van der Waals surface area contributed by atoms with Gasteiger partial charge in [0.25, 0.3) is 0 Å². The van der Waals surface area contributed by atoms with Gasteiger partial charge in [-0.05, 0) is 24.1 Å². The van der Waals surface area contributed by atoms with Crippen LogP contribution in [0.5, 0.6) is 0 Å². The van der Waals surface area contributed by atoms with Gasteiger partial charge in [0.15, 0.2) is 0 Å². The number of halogens is 1. The summed E-state index contributed by atoms with van der Waals surface area (Å²) in [6.07, 6.45) is 1.46. The van der Waals surface area contributed by atoms with E-state index in [1.54, 1.807) is 12.1 Å². The minimum absolute atomic E-state index is 0.0327. The van der Waals surface area contributed by atoms with E-state index < -0.39 is 0 Å². The SMILES string of the molecule is O=CC(Cc1ccc(Cl)cc1)NCCO. The molecule has 0 aliphatic rings. The van der Waals surface area contributed by atoms with E-state index in [0.717, 1.165) is 11.8 Å². The normalized spacial score (nSPS) is 12.4. The summed E-state index contributed by atoms with van der Waals surface area (Å²) in [5.74, 6) is 0. The Hall–Kier alpha value is -0.900. The van der Waals surface area contributed by atoms with Crippen molar-refractivity contribution in [2.75, 3.05) is 13.2 Å². The first kappa shape index (κ1) is 12.2. The zero-order valence-electron chi connectivity index (χ0n) is 8.32. The maximum atomic E-state index is 10.7. The largest absolute Gasteiger partial charge is 0.395 e. The predicted molar refractivity (Wildman–Crippen MR) is 60.1 cm³/mol. The molecule has 0 heterocycles. The van der Waals surface area contributed by atoms with E-state index in [1.807, 2.05) is 12.1 Å². The van der Waals surface area contributed by atoms with E-state index in [9.17, 15) is 4.79 Å². The zero-order valence-corrected chi connectivity index (χ0v) is 9.07. The van der Waals surface area contributed by atoms with Crippen LogP contribution in [0.25, 0.3) is 0 Å². The Morgan fingerprint density at radius 1 is 1.40 bits per heavy atom. The van der Waals surface area contributed by atoms with Crippen LogP contribution >= 0.6 is 11.6 Å². The molecular formula is C11H14ClNO2. The highest BCUT2D eigenvalue weighted by Gasteiger charge is 2.06. The molecule has 82 valence electrons. The van der Waals surface area contributed by atoms with Crippen LogP contribution in [0.3, 0.4) is 0 Å². The van der Waals surface area contributed by atoms with Gasteiger partial charge in [0, 0.05) is 11.6 Å². The maximum Gasteiger partial charge on any atom is 0.137 e. The van der Waals surface area contributed by atoms with E-state index in [-0.39, 0.29) is 12.6 Å². The number of aliphatic hydroxyl groups is 1. The fourth-order valence-corrected chi connectivity index (χ4v) is 1.42. The molecule has 0 saturated carbocycles. The fourth-order valence-electron chi connectivity index (χ4n) is 1.29. The van der Waals surface area contributed by atoms with E-state index in [2.05, 4.69) is 5.32 Å². The fraction of sp³-hybridized carbons (Fsp3) is 0.364. The second kappa shape index (κ2) is 6.56. The van der Waals surface area contributed by atoms with E-state index in [1.165, 1.54) is 0 Å². The predicted octanol–water partition coefficient (Wildman–Crippen LogP) is 1.03. The lowest BCUT2D eigenvalue weighted by Crippen LogP contribution is -2.34. The van der Waals surface area contributed by atoms with Gasteiger partial charge in [-0.2, -0.15) is 0 Å². The van der Waals surface area contributed by atoms with E-state index in [4.69, 9.17) is 16.7 Å². The quantitative estimate of drug-likeness (QED) is 0.714. The summed E-state index contributed by atoms with van der Waals surface area (Å²) in [7, 11) is 0. The molecule has 0 radical (unpaired) electrons. The minimum Gasteiger partial charge on any atom is -0.395 e. The van der Waals surface area contributed by atoms with Gasteiger partial charge in [-0.1, -0.05) is 23.7 Å². The van der Waals surface area contributed by atoms with Crippen LogP contribution in [-0.4, -0.2) is 30.6 Å². The molecule has 0 aromatic heterocycles. The van der Waals surface area contributed by atoms with Gasteiger partial charge in [0.1, 0.15) is 6.29 Å². The van der Waals surface area contributed by atoms with Crippen LogP contribution in [0.15, 0.2) is 24.3 Å². The lowest BCUT2D eigenvalue weighted by molar-refractivity contribution is -0.109. The molecule has 1 aromatic carbocycles. The van der Waals surface area contributed by atoms with Crippen molar-refractivity contribution in [1.82, 2.24) is 5.32 Å². The van der Waals surface area contributed by atoms with Crippen LogP contribution in [0.2, 0.25) is 5.02 Å². The van der Waals surface area contributed by atoms with Gasteiger partial charge in [-0.25, -0.2) is 0 Å². The smallest absolute Gasteiger partial charge is 0.137 e. The number of rotatable bonds is 6. The molecular weight excluding hydrogens is 214 g/mol. The van der Waals surface area contributed by atoms with Gasteiger partial charge in [0.2, 0.25) is 0 Å².